The Hall–Kier alpha value is -0.410. The maximum Gasteiger partial charge on any atom is 0.351 e. The quantitative estimate of drug-likeness (QED) is 0.539. The minimum absolute atomic E-state index is 0.531. The molecule has 1 aliphatic heterocycles. The molecule has 2 nitrogen and oxygen atoms in total. The summed E-state index contributed by atoms with van der Waals surface area (Å²) in [7, 11) is -1.10. The fourth-order valence-electron chi connectivity index (χ4n) is 0.489. The van der Waals surface area contributed by atoms with Crippen LogP contribution >= 0.6 is 22.5 Å². The molecule has 0 aromatic carbocycles. The highest BCUT2D eigenvalue weighted by atomic mass is 35.5. The second-order valence-electron chi connectivity index (χ2n) is 1.52. The van der Waals surface area contributed by atoms with E-state index >= 15 is 0 Å². The van der Waals surface area contributed by atoms with Crippen LogP contribution in [0.5, 0.6) is 0 Å². The maximum absolute atomic E-state index is 10.2. The van der Waals surface area contributed by atoms with Crippen LogP contribution in [0.3, 0.4) is 0 Å². The van der Waals surface area contributed by atoms with Crippen molar-refractivity contribution in [3.05, 3.63) is 21.9 Å². The van der Waals surface area contributed by atoms with Gasteiger partial charge in [0.15, 0.2) is 0 Å². The Labute approximate surface area is 60.2 Å². The first-order chi connectivity index (χ1) is 4.20. The summed E-state index contributed by atoms with van der Waals surface area (Å²) >= 11 is 5.48. The van der Waals surface area contributed by atoms with Crippen molar-refractivity contribution in [2.24, 2.45) is 0 Å². The average Bonchev–Trinajstić information content (AvgIpc) is 2.14. The van der Waals surface area contributed by atoms with Crippen LogP contribution in [0.15, 0.2) is 21.9 Å². The van der Waals surface area contributed by atoms with E-state index < -0.39 is 16.2 Å². The monoisotopic (exact) mass is 164 g/mol. The molecule has 0 spiro atoms. The third kappa shape index (κ3) is 1.50. The third-order valence-electron chi connectivity index (χ3n) is 0.878. The number of thiol groups is 1. The number of rotatable bonds is 0. The van der Waals surface area contributed by atoms with Gasteiger partial charge in [0, 0.05) is 5.03 Å². The Balaban J connectivity index is 2.70. The summed E-state index contributed by atoms with van der Waals surface area (Å²) < 4.78 is 0. The first-order valence-electron chi connectivity index (χ1n) is 2.27. The lowest BCUT2D eigenvalue weighted by molar-refractivity contribution is 0.222. The number of carbonyl (C=O) groups is 1. The van der Waals surface area contributed by atoms with Gasteiger partial charge in [0.05, 0.1) is 0 Å². The molecule has 0 aliphatic carbocycles. The minimum atomic E-state index is -1.10. The first kappa shape index (κ1) is 6.71. The number of hydrogen-bond donors (Lipinski definition) is 2. The van der Waals surface area contributed by atoms with Gasteiger partial charge >= 0.3 is 5.30 Å². The summed E-state index contributed by atoms with van der Waals surface area (Å²) in [6, 6.07) is 0. The number of halogens is 1. The Morgan fingerprint density at radius 3 is 2.67 bits per heavy atom. The van der Waals surface area contributed by atoms with Crippen molar-refractivity contribution in [3.8, 4) is 0 Å². The van der Waals surface area contributed by atoms with E-state index in [9.17, 15) is 4.79 Å². The van der Waals surface area contributed by atoms with E-state index in [-0.39, 0.29) is 0 Å². The van der Waals surface area contributed by atoms with Crippen LogP contribution in [-0.4, -0.2) is 10.4 Å². The molecule has 0 amide bonds. The van der Waals surface area contributed by atoms with Crippen molar-refractivity contribution in [1.29, 1.82) is 0 Å². The predicted octanol–water partition coefficient (Wildman–Crippen LogP) is 2.27. The molecule has 50 valence electrons. The summed E-state index contributed by atoms with van der Waals surface area (Å²) in [6.45, 7) is 0. The highest BCUT2D eigenvalue weighted by Gasteiger charge is 2.09. The van der Waals surface area contributed by atoms with Crippen LogP contribution in [0.4, 0.5) is 4.79 Å². The molecular formula is C5H5ClO2S. The molecule has 0 radical (unpaired) electrons. The molecule has 1 aliphatic rings. The van der Waals surface area contributed by atoms with Gasteiger partial charge in [0.2, 0.25) is 0 Å². The number of carboxylic acid groups (broad SMARTS) is 1. The lowest BCUT2D eigenvalue weighted by atomic mass is 10.6. The topological polar surface area (TPSA) is 37.3 Å². The summed E-state index contributed by atoms with van der Waals surface area (Å²) in [4.78, 5) is 10.2. The highest BCUT2D eigenvalue weighted by molar-refractivity contribution is 8.34. The fraction of sp³-hybridized carbons (Fsp3) is 0. The summed E-state index contributed by atoms with van der Waals surface area (Å²) in [5.74, 6) is 0. The lowest BCUT2D eigenvalue weighted by Crippen LogP contribution is -1.85. The molecule has 0 aromatic heterocycles. The summed E-state index contributed by atoms with van der Waals surface area (Å²) in [6.07, 6.45) is 1.61. The van der Waals surface area contributed by atoms with Gasteiger partial charge in [-0.3, -0.25) is 0 Å². The Bertz CT molecular complexity index is 197. The largest absolute Gasteiger partial charge is 0.474 e. The van der Waals surface area contributed by atoms with E-state index in [0.717, 1.165) is 0 Å². The van der Waals surface area contributed by atoms with Gasteiger partial charge in [-0.05, 0) is 16.9 Å². The van der Waals surface area contributed by atoms with Gasteiger partial charge in [-0.1, -0.05) is 11.6 Å². The molecule has 1 heterocycles. The zero-order valence-corrected chi connectivity index (χ0v) is 6.06. The van der Waals surface area contributed by atoms with Crippen LogP contribution in [0.1, 0.15) is 0 Å². The Morgan fingerprint density at radius 1 is 1.78 bits per heavy atom. The van der Waals surface area contributed by atoms with Crippen LogP contribution in [-0.2, 0) is 0 Å². The number of allylic oxidation sites excluding steroid dienone is 2. The van der Waals surface area contributed by atoms with Gasteiger partial charge in [0.1, 0.15) is 0 Å². The van der Waals surface area contributed by atoms with Gasteiger partial charge in [-0.15, -0.1) is 10.9 Å². The maximum atomic E-state index is 10.2. The number of hydrogen-bond acceptors (Lipinski definition) is 1. The molecule has 0 saturated carbocycles. The standard InChI is InChI=1S/C5H5ClO2S/c6-4-1-2-9(3-4)5(7)8/h1-3,9H,(H,7,8). The molecule has 0 fully saturated rings. The van der Waals surface area contributed by atoms with Crippen LogP contribution < -0.4 is 0 Å². The molecule has 9 heavy (non-hydrogen) atoms. The van der Waals surface area contributed by atoms with Gasteiger partial charge in [-0.25, -0.2) is 4.79 Å². The van der Waals surface area contributed by atoms with E-state index in [0.29, 0.717) is 5.03 Å². The van der Waals surface area contributed by atoms with E-state index in [1.165, 1.54) is 0 Å². The average molecular weight is 165 g/mol. The summed E-state index contributed by atoms with van der Waals surface area (Å²) in [5, 5.41) is 11.3. The zero-order chi connectivity index (χ0) is 6.85. The van der Waals surface area contributed by atoms with Crippen LogP contribution in [0, 0.1) is 0 Å². The third-order valence-corrected chi connectivity index (χ3v) is 2.73. The SMILES string of the molecule is O=C(O)[SH]1C=CC(Cl)=C1. The molecule has 1 atom stereocenters. The fourth-order valence-corrected chi connectivity index (χ4v) is 1.95. The normalized spacial score (nSPS) is 28.1. The van der Waals surface area contributed by atoms with Gasteiger partial charge in [0.25, 0.3) is 0 Å². The zero-order valence-electron chi connectivity index (χ0n) is 4.41. The molecular weight excluding hydrogens is 160 g/mol. The molecule has 0 bridgehead atoms. The van der Waals surface area contributed by atoms with E-state index in [4.69, 9.17) is 16.7 Å². The predicted molar refractivity (Wildman–Crippen MR) is 40.1 cm³/mol. The van der Waals surface area contributed by atoms with E-state index in [1.807, 2.05) is 0 Å². The molecule has 0 saturated heterocycles. The lowest BCUT2D eigenvalue weighted by Gasteiger charge is -1.98. The molecule has 0 aromatic rings. The van der Waals surface area contributed by atoms with Crippen molar-refractivity contribution in [3.63, 3.8) is 0 Å². The van der Waals surface area contributed by atoms with Gasteiger partial charge in [-0.2, -0.15) is 0 Å². The second-order valence-corrected chi connectivity index (χ2v) is 3.71. The van der Waals surface area contributed by atoms with Crippen molar-refractivity contribution >= 4 is 27.8 Å². The van der Waals surface area contributed by atoms with Crippen molar-refractivity contribution < 1.29 is 9.90 Å². The van der Waals surface area contributed by atoms with E-state index in [1.54, 1.807) is 16.9 Å². The smallest absolute Gasteiger partial charge is 0.351 e. The molecule has 4 heteroatoms. The van der Waals surface area contributed by atoms with Crippen LogP contribution in [0.2, 0.25) is 0 Å². The molecule has 1 rings (SSSR count). The van der Waals surface area contributed by atoms with Crippen molar-refractivity contribution in [1.82, 2.24) is 0 Å². The summed E-state index contributed by atoms with van der Waals surface area (Å²) in [5.41, 5.74) is 0. The van der Waals surface area contributed by atoms with Crippen LogP contribution in [0.25, 0.3) is 0 Å². The molecule has 1 N–H and O–H groups in total. The molecule has 1 unspecified atom stereocenters. The van der Waals surface area contributed by atoms with E-state index in [2.05, 4.69) is 0 Å². The second kappa shape index (κ2) is 2.45. The Kier molecular flexibility index (Phi) is 1.83. The van der Waals surface area contributed by atoms with Crippen molar-refractivity contribution in [2.75, 3.05) is 0 Å². The highest BCUT2D eigenvalue weighted by Crippen LogP contribution is 2.37. The first-order valence-corrected chi connectivity index (χ1v) is 4.13. The Morgan fingerprint density at radius 2 is 2.44 bits per heavy atom. The minimum Gasteiger partial charge on any atom is -0.474 e. The van der Waals surface area contributed by atoms with Gasteiger partial charge < -0.3 is 5.11 Å². The van der Waals surface area contributed by atoms with Crippen molar-refractivity contribution in [2.45, 2.75) is 0 Å².